The van der Waals surface area contributed by atoms with Crippen LogP contribution in [-0.4, -0.2) is 7.11 Å². The summed E-state index contributed by atoms with van der Waals surface area (Å²) in [7, 11) is 1.49. The summed E-state index contributed by atoms with van der Waals surface area (Å²) in [5.41, 5.74) is 0.377. The second kappa shape index (κ2) is 4.80. The summed E-state index contributed by atoms with van der Waals surface area (Å²) in [5.74, 6) is 1.34. The highest BCUT2D eigenvalue weighted by molar-refractivity contribution is 6.22. The van der Waals surface area contributed by atoms with Crippen LogP contribution in [0.5, 0.6) is 5.75 Å². The van der Waals surface area contributed by atoms with Gasteiger partial charge in [-0.25, -0.2) is 4.39 Å². The first kappa shape index (κ1) is 12.0. The van der Waals surface area contributed by atoms with Crippen LogP contribution in [0.15, 0.2) is 34.7 Å². The molecule has 0 amide bonds. The summed E-state index contributed by atoms with van der Waals surface area (Å²) in [5, 5.41) is -0.630. The van der Waals surface area contributed by atoms with Gasteiger partial charge >= 0.3 is 0 Å². The molecule has 1 atom stereocenters. The number of methoxy groups -OCH3 is 1. The van der Waals surface area contributed by atoms with Gasteiger partial charge in [0.05, 0.1) is 7.11 Å². The van der Waals surface area contributed by atoms with E-state index in [1.807, 2.05) is 6.92 Å². The number of benzene rings is 1. The Morgan fingerprint density at radius 1 is 1.29 bits per heavy atom. The van der Waals surface area contributed by atoms with Gasteiger partial charge in [0.25, 0.3) is 0 Å². The standard InChI is InChI=1S/C13H12ClFO2/c1-8-3-6-12(17-8)13(14)10-5-4-9(16-2)7-11(10)15/h3-7,13H,1-2H3. The molecule has 0 spiro atoms. The molecular weight excluding hydrogens is 243 g/mol. The van der Waals surface area contributed by atoms with E-state index in [9.17, 15) is 4.39 Å². The maximum Gasteiger partial charge on any atom is 0.132 e. The van der Waals surface area contributed by atoms with Gasteiger partial charge in [0.2, 0.25) is 0 Å². The smallest absolute Gasteiger partial charge is 0.132 e. The Morgan fingerprint density at radius 2 is 2.06 bits per heavy atom. The highest BCUT2D eigenvalue weighted by atomic mass is 35.5. The van der Waals surface area contributed by atoms with Gasteiger partial charge in [-0.05, 0) is 25.1 Å². The van der Waals surface area contributed by atoms with Crippen molar-refractivity contribution in [3.8, 4) is 5.75 Å². The van der Waals surface area contributed by atoms with E-state index in [0.717, 1.165) is 5.76 Å². The Hall–Kier alpha value is -1.48. The Morgan fingerprint density at radius 3 is 2.59 bits per heavy atom. The monoisotopic (exact) mass is 254 g/mol. The molecule has 2 rings (SSSR count). The van der Waals surface area contributed by atoms with E-state index in [4.69, 9.17) is 20.8 Å². The fraction of sp³-hybridized carbons (Fsp3) is 0.231. The first-order valence-corrected chi connectivity index (χ1v) is 5.59. The molecule has 0 aliphatic rings. The second-order valence-electron chi connectivity index (χ2n) is 3.70. The molecule has 1 heterocycles. The fourth-order valence-electron chi connectivity index (χ4n) is 1.58. The summed E-state index contributed by atoms with van der Waals surface area (Å²) in [6, 6.07) is 8.12. The van der Waals surface area contributed by atoms with Crippen molar-refractivity contribution in [1.82, 2.24) is 0 Å². The zero-order valence-electron chi connectivity index (χ0n) is 9.54. The minimum Gasteiger partial charge on any atom is -0.497 e. The molecule has 4 heteroatoms. The number of alkyl halides is 1. The van der Waals surface area contributed by atoms with E-state index in [-0.39, 0.29) is 0 Å². The Balaban J connectivity index is 2.34. The SMILES string of the molecule is COc1ccc(C(Cl)c2ccc(C)o2)c(F)c1. The molecule has 0 fully saturated rings. The zero-order chi connectivity index (χ0) is 12.4. The van der Waals surface area contributed by atoms with Gasteiger partial charge in [-0.15, -0.1) is 11.6 Å². The van der Waals surface area contributed by atoms with Crippen LogP contribution in [-0.2, 0) is 0 Å². The van der Waals surface area contributed by atoms with Crippen LogP contribution in [0.1, 0.15) is 22.5 Å². The highest BCUT2D eigenvalue weighted by Crippen LogP contribution is 2.32. The van der Waals surface area contributed by atoms with Gasteiger partial charge in [0, 0.05) is 11.6 Å². The molecule has 0 saturated carbocycles. The Bertz CT molecular complexity index is 522. The number of furan rings is 1. The molecule has 0 bridgehead atoms. The summed E-state index contributed by atoms with van der Waals surface area (Å²) >= 11 is 6.17. The molecule has 0 saturated heterocycles. The van der Waals surface area contributed by atoms with Gasteiger partial charge in [-0.2, -0.15) is 0 Å². The summed E-state index contributed by atoms with van der Waals surface area (Å²) in [4.78, 5) is 0. The van der Waals surface area contributed by atoms with E-state index < -0.39 is 11.2 Å². The van der Waals surface area contributed by atoms with Crippen molar-refractivity contribution in [2.75, 3.05) is 7.11 Å². The summed E-state index contributed by atoms with van der Waals surface area (Å²) in [6.07, 6.45) is 0. The lowest BCUT2D eigenvalue weighted by Crippen LogP contribution is -1.96. The fourth-order valence-corrected chi connectivity index (χ4v) is 1.88. The van der Waals surface area contributed by atoms with Crippen molar-refractivity contribution in [2.24, 2.45) is 0 Å². The van der Waals surface area contributed by atoms with Gasteiger partial charge in [0.15, 0.2) is 0 Å². The molecular formula is C13H12ClFO2. The van der Waals surface area contributed by atoms with Crippen LogP contribution in [0, 0.1) is 12.7 Å². The van der Waals surface area contributed by atoms with Crippen molar-refractivity contribution in [3.63, 3.8) is 0 Å². The summed E-state index contributed by atoms with van der Waals surface area (Å²) in [6.45, 7) is 1.82. The molecule has 1 aromatic heterocycles. The van der Waals surface area contributed by atoms with Crippen LogP contribution < -0.4 is 4.74 Å². The third-order valence-corrected chi connectivity index (χ3v) is 2.94. The van der Waals surface area contributed by atoms with Gasteiger partial charge < -0.3 is 9.15 Å². The predicted octanol–water partition coefficient (Wildman–Crippen LogP) is 4.06. The number of hydrogen-bond donors (Lipinski definition) is 0. The maximum absolute atomic E-state index is 13.8. The molecule has 0 N–H and O–H groups in total. The minimum atomic E-state index is -0.630. The van der Waals surface area contributed by atoms with Crippen LogP contribution in [0.25, 0.3) is 0 Å². The molecule has 17 heavy (non-hydrogen) atoms. The van der Waals surface area contributed by atoms with E-state index in [0.29, 0.717) is 17.1 Å². The molecule has 2 nitrogen and oxygen atoms in total. The lowest BCUT2D eigenvalue weighted by molar-refractivity contribution is 0.410. The predicted molar refractivity (Wildman–Crippen MR) is 64.1 cm³/mol. The maximum atomic E-state index is 13.8. The largest absolute Gasteiger partial charge is 0.497 e. The molecule has 2 aromatic rings. The normalized spacial score (nSPS) is 12.5. The van der Waals surface area contributed by atoms with Crippen LogP contribution in [0.4, 0.5) is 4.39 Å². The first-order chi connectivity index (χ1) is 8.11. The van der Waals surface area contributed by atoms with E-state index >= 15 is 0 Å². The number of hydrogen-bond acceptors (Lipinski definition) is 2. The van der Waals surface area contributed by atoms with E-state index in [1.165, 1.54) is 13.2 Å². The topological polar surface area (TPSA) is 22.4 Å². The number of ether oxygens (including phenoxy) is 1. The zero-order valence-corrected chi connectivity index (χ0v) is 10.3. The van der Waals surface area contributed by atoms with Gasteiger partial charge in [0.1, 0.15) is 28.5 Å². The van der Waals surface area contributed by atoms with Crippen molar-refractivity contribution in [2.45, 2.75) is 12.3 Å². The number of halogens is 2. The average Bonchev–Trinajstić information content (AvgIpc) is 2.75. The van der Waals surface area contributed by atoms with Gasteiger partial charge in [-0.1, -0.05) is 6.07 Å². The Kier molecular flexibility index (Phi) is 3.38. The molecule has 1 unspecified atom stereocenters. The summed E-state index contributed by atoms with van der Waals surface area (Å²) < 4.78 is 24.1. The van der Waals surface area contributed by atoms with Crippen molar-refractivity contribution < 1.29 is 13.5 Å². The number of rotatable bonds is 3. The van der Waals surface area contributed by atoms with Crippen molar-refractivity contribution in [1.29, 1.82) is 0 Å². The lowest BCUT2D eigenvalue weighted by Gasteiger charge is -2.09. The van der Waals surface area contributed by atoms with Crippen molar-refractivity contribution in [3.05, 3.63) is 53.2 Å². The van der Waals surface area contributed by atoms with Crippen LogP contribution >= 0.6 is 11.6 Å². The number of aryl methyl sites for hydroxylation is 1. The third kappa shape index (κ3) is 2.44. The van der Waals surface area contributed by atoms with Gasteiger partial charge in [-0.3, -0.25) is 0 Å². The molecule has 0 aliphatic heterocycles. The molecule has 90 valence electrons. The average molecular weight is 255 g/mol. The Labute approximate surface area is 104 Å². The lowest BCUT2D eigenvalue weighted by atomic mass is 10.1. The third-order valence-electron chi connectivity index (χ3n) is 2.49. The molecule has 1 aromatic carbocycles. The van der Waals surface area contributed by atoms with E-state index in [1.54, 1.807) is 24.3 Å². The molecule has 0 radical (unpaired) electrons. The quantitative estimate of drug-likeness (QED) is 0.771. The first-order valence-electron chi connectivity index (χ1n) is 5.15. The highest BCUT2D eigenvalue weighted by Gasteiger charge is 2.18. The van der Waals surface area contributed by atoms with E-state index in [2.05, 4.69) is 0 Å². The van der Waals surface area contributed by atoms with Crippen molar-refractivity contribution >= 4 is 11.6 Å². The van der Waals surface area contributed by atoms with Crippen LogP contribution in [0.2, 0.25) is 0 Å². The van der Waals surface area contributed by atoms with Crippen LogP contribution in [0.3, 0.4) is 0 Å². The molecule has 0 aliphatic carbocycles. The minimum absolute atomic E-state index is 0.377. The second-order valence-corrected chi connectivity index (χ2v) is 4.13.